The average molecular weight is 371 g/mol. The third-order valence-electron chi connectivity index (χ3n) is 3.94. The van der Waals surface area contributed by atoms with Gasteiger partial charge in [-0.15, -0.1) is 12.4 Å². The Hall–Kier alpha value is -1.56. The maximum absolute atomic E-state index is 12.5. The highest BCUT2D eigenvalue weighted by Gasteiger charge is 2.25. The standard InChI is InChI=1S/C17H23ClN4O.ClH/c1-17(2,13-5-7-14(18)8-6-13)11-20-16(23)15(19-3)12-9-21-22(4)10-12;/h5-10,15,19H,11H2,1-4H3,(H,20,23);1H. The smallest absolute Gasteiger partial charge is 0.241 e. The van der Waals surface area contributed by atoms with E-state index in [0.29, 0.717) is 11.6 Å². The zero-order chi connectivity index (χ0) is 17.0. The molecule has 2 aromatic rings. The van der Waals surface area contributed by atoms with E-state index in [9.17, 15) is 4.79 Å². The largest absolute Gasteiger partial charge is 0.354 e. The summed E-state index contributed by atoms with van der Waals surface area (Å²) in [6.45, 7) is 4.72. The van der Waals surface area contributed by atoms with Crippen LogP contribution in [-0.2, 0) is 17.3 Å². The molecule has 1 atom stereocenters. The van der Waals surface area contributed by atoms with Crippen LogP contribution in [0, 0.1) is 0 Å². The minimum atomic E-state index is -0.412. The van der Waals surface area contributed by atoms with Crippen LogP contribution in [0.25, 0.3) is 0 Å². The molecule has 1 heterocycles. The molecule has 5 nitrogen and oxygen atoms in total. The molecule has 0 aliphatic rings. The Morgan fingerprint density at radius 2 is 1.96 bits per heavy atom. The van der Waals surface area contributed by atoms with Crippen LogP contribution in [0.5, 0.6) is 0 Å². The van der Waals surface area contributed by atoms with Crippen LogP contribution in [-0.4, -0.2) is 29.3 Å². The van der Waals surface area contributed by atoms with Crippen molar-refractivity contribution in [2.24, 2.45) is 7.05 Å². The average Bonchev–Trinajstić information content (AvgIpc) is 2.93. The normalized spacial score (nSPS) is 12.4. The van der Waals surface area contributed by atoms with Crippen molar-refractivity contribution in [2.45, 2.75) is 25.3 Å². The second-order valence-corrected chi connectivity index (χ2v) is 6.71. The van der Waals surface area contributed by atoms with Crippen molar-refractivity contribution in [1.82, 2.24) is 20.4 Å². The minimum absolute atomic E-state index is 0. The molecule has 0 radical (unpaired) electrons. The summed E-state index contributed by atoms with van der Waals surface area (Å²) >= 11 is 5.93. The Labute approximate surface area is 154 Å². The number of benzene rings is 1. The van der Waals surface area contributed by atoms with Gasteiger partial charge in [-0.05, 0) is 24.7 Å². The van der Waals surface area contributed by atoms with Crippen LogP contribution in [0.2, 0.25) is 5.02 Å². The first-order valence-corrected chi connectivity index (χ1v) is 7.91. The lowest BCUT2D eigenvalue weighted by Crippen LogP contribution is -2.42. The lowest BCUT2D eigenvalue weighted by atomic mass is 9.84. The molecular formula is C17H24Cl2N4O. The van der Waals surface area contributed by atoms with E-state index in [-0.39, 0.29) is 23.7 Å². The van der Waals surface area contributed by atoms with Crippen molar-refractivity contribution in [3.8, 4) is 0 Å². The Morgan fingerprint density at radius 3 is 2.46 bits per heavy atom. The first-order valence-electron chi connectivity index (χ1n) is 7.53. The molecule has 1 unspecified atom stereocenters. The van der Waals surface area contributed by atoms with E-state index < -0.39 is 6.04 Å². The van der Waals surface area contributed by atoms with E-state index in [0.717, 1.165) is 11.1 Å². The first kappa shape index (κ1) is 20.5. The summed E-state index contributed by atoms with van der Waals surface area (Å²) in [6.07, 6.45) is 3.54. The number of amides is 1. The predicted molar refractivity (Wildman–Crippen MR) is 99.7 cm³/mol. The molecular weight excluding hydrogens is 347 g/mol. The number of halogens is 2. The Morgan fingerprint density at radius 1 is 1.33 bits per heavy atom. The number of hydrogen-bond acceptors (Lipinski definition) is 3. The van der Waals surface area contributed by atoms with E-state index >= 15 is 0 Å². The molecule has 0 aliphatic carbocycles. The van der Waals surface area contributed by atoms with Gasteiger partial charge in [-0.25, -0.2) is 0 Å². The van der Waals surface area contributed by atoms with Gasteiger partial charge in [-0.3, -0.25) is 9.48 Å². The lowest BCUT2D eigenvalue weighted by molar-refractivity contribution is -0.123. The molecule has 1 aromatic heterocycles. The first-order chi connectivity index (χ1) is 10.8. The van der Waals surface area contributed by atoms with Gasteiger partial charge in [0.1, 0.15) is 6.04 Å². The van der Waals surface area contributed by atoms with Crippen LogP contribution in [0.4, 0.5) is 0 Å². The topological polar surface area (TPSA) is 59.0 Å². The molecule has 1 amide bonds. The molecule has 0 fully saturated rings. The van der Waals surface area contributed by atoms with Crippen molar-refractivity contribution in [3.05, 3.63) is 52.8 Å². The number of likely N-dealkylation sites (N-methyl/N-ethyl adjacent to an activating group) is 1. The molecule has 7 heteroatoms. The summed E-state index contributed by atoms with van der Waals surface area (Å²) in [5, 5.41) is 10.9. The Kier molecular flexibility index (Phi) is 7.27. The minimum Gasteiger partial charge on any atom is -0.354 e. The van der Waals surface area contributed by atoms with E-state index in [2.05, 4.69) is 29.6 Å². The quantitative estimate of drug-likeness (QED) is 0.821. The van der Waals surface area contributed by atoms with Gasteiger partial charge >= 0.3 is 0 Å². The third kappa shape index (κ3) is 4.97. The fraction of sp³-hybridized carbons (Fsp3) is 0.412. The highest BCUT2D eigenvalue weighted by Crippen LogP contribution is 2.24. The van der Waals surface area contributed by atoms with Crippen molar-refractivity contribution in [3.63, 3.8) is 0 Å². The van der Waals surface area contributed by atoms with Gasteiger partial charge in [0.05, 0.1) is 6.20 Å². The van der Waals surface area contributed by atoms with Gasteiger partial charge in [0.2, 0.25) is 5.91 Å². The van der Waals surface area contributed by atoms with Crippen LogP contribution >= 0.6 is 24.0 Å². The van der Waals surface area contributed by atoms with Crippen molar-refractivity contribution < 1.29 is 4.79 Å². The highest BCUT2D eigenvalue weighted by atomic mass is 35.5. The molecule has 0 saturated carbocycles. The number of aryl methyl sites for hydroxylation is 1. The van der Waals surface area contributed by atoms with Crippen molar-refractivity contribution >= 4 is 29.9 Å². The van der Waals surface area contributed by atoms with E-state index in [1.54, 1.807) is 17.9 Å². The number of carbonyl (C=O) groups is 1. The maximum Gasteiger partial charge on any atom is 0.241 e. The van der Waals surface area contributed by atoms with Crippen LogP contribution in [0.1, 0.15) is 31.0 Å². The van der Waals surface area contributed by atoms with Gasteiger partial charge in [0, 0.05) is 35.8 Å². The van der Waals surface area contributed by atoms with E-state index in [1.165, 1.54) is 0 Å². The predicted octanol–water partition coefficient (Wildman–Crippen LogP) is 2.85. The zero-order valence-corrected chi connectivity index (χ0v) is 15.9. The van der Waals surface area contributed by atoms with Crippen LogP contribution < -0.4 is 10.6 Å². The molecule has 0 spiro atoms. The number of hydrogen-bond donors (Lipinski definition) is 2. The van der Waals surface area contributed by atoms with Gasteiger partial charge in [0.25, 0.3) is 0 Å². The highest BCUT2D eigenvalue weighted by molar-refractivity contribution is 6.30. The monoisotopic (exact) mass is 370 g/mol. The SMILES string of the molecule is CNC(C(=O)NCC(C)(C)c1ccc(Cl)cc1)c1cnn(C)c1.Cl. The number of nitrogens with one attached hydrogen (secondary N) is 2. The summed E-state index contributed by atoms with van der Waals surface area (Å²) < 4.78 is 1.69. The van der Waals surface area contributed by atoms with E-state index in [1.807, 2.05) is 37.5 Å². The molecule has 24 heavy (non-hydrogen) atoms. The number of aromatic nitrogens is 2. The van der Waals surface area contributed by atoms with Crippen LogP contribution in [0.3, 0.4) is 0 Å². The van der Waals surface area contributed by atoms with Gasteiger partial charge in [-0.2, -0.15) is 5.10 Å². The molecule has 2 rings (SSSR count). The van der Waals surface area contributed by atoms with Gasteiger partial charge in [-0.1, -0.05) is 37.6 Å². The van der Waals surface area contributed by atoms with E-state index in [4.69, 9.17) is 11.6 Å². The number of carbonyl (C=O) groups excluding carboxylic acids is 1. The second-order valence-electron chi connectivity index (χ2n) is 6.28. The Balaban J connectivity index is 0.00000288. The fourth-order valence-electron chi connectivity index (χ4n) is 2.45. The molecule has 2 N–H and O–H groups in total. The zero-order valence-electron chi connectivity index (χ0n) is 14.3. The van der Waals surface area contributed by atoms with Gasteiger partial charge < -0.3 is 10.6 Å². The van der Waals surface area contributed by atoms with Crippen molar-refractivity contribution in [2.75, 3.05) is 13.6 Å². The molecule has 1 aromatic carbocycles. The molecule has 0 bridgehead atoms. The van der Waals surface area contributed by atoms with Gasteiger partial charge in [0.15, 0.2) is 0 Å². The maximum atomic E-state index is 12.5. The lowest BCUT2D eigenvalue weighted by Gasteiger charge is -2.27. The molecule has 0 aliphatic heterocycles. The van der Waals surface area contributed by atoms with Crippen molar-refractivity contribution in [1.29, 1.82) is 0 Å². The number of rotatable bonds is 6. The Bertz CT molecular complexity index is 667. The molecule has 0 saturated heterocycles. The molecule has 132 valence electrons. The third-order valence-corrected chi connectivity index (χ3v) is 4.19. The summed E-state index contributed by atoms with van der Waals surface area (Å²) in [4.78, 5) is 12.5. The fourth-order valence-corrected chi connectivity index (χ4v) is 2.58. The number of nitrogens with zero attached hydrogens (tertiary/aromatic N) is 2. The summed E-state index contributed by atoms with van der Waals surface area (Å²) in [5.41, 5.74) is 1.79. The summed E-state index contributed by atoms with van der Waals surface area (Å²) in [5.74, 6) is -0.0671. The summed E-state index contributed by atoms with van der Waals surface area (Å²) in [6, 6.07) is 7.31. The summed E-state index contributed by atoms with van der Waals surface area (Å²) in [7, 11) is 3.60. The van der Waals surface area contributed by atoms with Crippen LogP contribution in [0.15, 0.2) is 36.7 Å². The second kappa shape index (κ2) is 8.51.